The average molecular weight is 168 g/mol. The van der Waals surface area contributed by atoms with Gasteiger partial charge in [0.05, 0.1) is 0 Å². The molecule has 70 valence electrons. The zero-order valence-corrected chi connectivity index (χ0v) is 8.00. The Labute approximate surface area is 75.1 Å². The molecule has 0 amide bonds. The number of hydrogen-bond acceptors (Lipinski definition) is 2. The van der Waals surface area contributed by atoms with E-state index in [1.165, 1.54) is 38.8 Å². The Morgan fingerprint density at radius 1 is 1.17 bits per heavy atom. The Kier molecular flexibility index (Phi) is 2.37. The summed E-state index contributed by atoms with van der Waals surface area (Å²) in [7, 11) is 2.24. The number of likely N-dealkylation sites (tertiary alicyclic amines) is 1. The van der Waals surface area contributed by atoms with Crippen LogP contribution in [0.1, 0.15) is 25.7 Å². The van der Waals surface area contributed by atoms with Crippen molar-refractivity contribution in [2.75, 3.05) is 20.1 Å². The molecule has 12 heavy (non-hydrogen) atoms. The van der Waals surface area contributed by atoms with E-state index in [9.17, 15) is 0 Å². The van der Waals surface area contributed by atoms with Gasteiger partial charge in [0, 0.05) is 12.6 Å². The second-order valence-electron chi connectivity index (χ2n) is 4.64. The lowest BCUT2D eigenvalue weighted by Gasteiger charge is -2.41. The largest absolute Gasteiger partial charge is 0.328 e. The van der Waals surface area contributed by atoms with Crippen molar-refractivity contribution in [1.29, 1.82) is 0 Å². The van der Waals surface area contributed by atoms with Crippen molar-refractivity contribution in [3.63, 3.8) is 0 Å². The molecule has 2 heteroatoms. The lowest BCUT2D eigenvalue weighted by molar-refractivity contribution is 0.0968. The number of nitrogens with two attached hydrogens (primary N) is 1. The molecule has 3 unspecified atom stereocenters. The van der Waals surface area contributed by atoms with Gasteiger partial charge >= 0.3 is 0 Å². The van der Waals surface area contributed by atoms with Gasteiger partial charge in [-0.1, -0.05) is 0 Å². The van der Waals surface area contributed by atoms with Gasteiger partial charge in [0.25, 0.3) is 0 Å². The molecular weight excluding hydrogens is 148 g/mol. The Hall–Kier alpha value is -0.0800. The first-order valence-corrected chi connectivity index (χ1v) is 5.20. The minimum atomic E-state index is 0.509. The molecular formula is C10H20N2. The summed E-state index contributed by atoms with van der Waals surface area (Å²) in [5, 5.41) is 0. The molecule has 0 aromatic rings. The third-order valence-corrected chi connectivity index (χ3v) is 3.61. The molecule has 0 spiro atoms. The molecule has 1 aliphatic heterocycles. The molecule has 0 aromatic carbocycles. The quantitative estimate of drug-likeness (QED) is 0.586. The second-order valence-corrected chi connectivity index (χ2v) is 4.64. The van der Waals surface area contributed by atoms with E-state index < -0.39 is 0 Å². The van der Waals surface area contributed by atoms with Crippen LogP contribution in [0, 0.1) is 11.8 Å². The lowest BCUT2D eigenvalue weighted by Crippen LogP contribution is -2.43. The van der Waals surface area contributed by atoms with Crippen molar-refractivity contribution in [3.05, 3.63) is 0 Å². The highest BCUT2D eigenvalue weighted by atomic mass is 15.1. The van der Waals surface area contributed by atoms with Crippen LogP contribution < -0.4 is 5.73 Å². The second kappa shape index (κ2) is 3.35. The molecule has 0 bridgehead atoms. The smallest absolute Gasteiger partial charge is 0.00416 e. The molecule has 2 nitrogen and oxygen atoms in total. The van der Waals surface area contributed by atoms with Crippen LogP contribution >= 0.6 is 0 Å². The summed E-state index contributed by atoms with van der Waals surface area (Å²) in [5.41, 5.74) is 5.96. The Balaban J connectivity index is 1.94. The van der Waals surface area contributed by atoms with E-state index in [2.05, 4.69) is 11.9 Å². The third-order valence-electron chi connectivity index (χ3n) is 3.61. The molecule has 1 heterocycles. The molecule has 2 fully saturated rings. The van der Waals surface area contributed by atoms with Crippen molar-refractivity contribution in [1.82, 2.24) is 4.90 Å². The summed E-state index contributed by atoms with van der Waals surface area (Å²) in [6.07, 6.45) is 5.30. The van der Waals surface area contributed by atoms with Gasteiger partial charge in [-0.3, -0.25) is 0 Å². The van der Waals surface area contributed by atoms with E-state index in [4.69, 9.17) is 5.73 Å². The number of fused-ring (bicyclic) bond motifs is 1. The van der Waals surface area contributed by atoms with Gasteiger partial charge in [-0.05, 0) is 51.1 Å². The van der Waals surface area contributed by atoms with E-state index in [1.54, 1.807) is 0 Å². The predicted octanol–water partition coefficient (Wildman–Crippen LogP) is 1.07. The maximum Gasteiger partial charge on any atom is 0.00416 e. The monoisotopic (exact) mass is 168 g/mol. The fourth-order valence-electron chi connectivity index (χ4n) is 2.83. The summed E-state index contributed by atoms with van der Waals surface area (Å²) in [6, 6.07) is 0.509. The van der Waals surface area contributed by atoms with Crippen LogP contribution in [0.15, 0.2) is 0 Å². The highest BCUT2D eigenvalue weighted by Gasteiger charge is 2.32. The number of hydrogen-bond donors (Lipinski definition) is 1. The number of piperidine rings is 1. The van der Waals surface area contributed by atoms with Gasteiger partial charge in [0.1, 0.15) is 0 Å². The van der Waals surface area contributed by atoms with Crippen LogP contribution in [0.2, 0.25) is 0 Å². The van der Waals surface area contributed by atoms with Gasteiger partial charge in [0.2, 0.25) is 0 Å². The van der Waals surface area contributed by atoms with Gasteiger partial charge < -0.3 is 10.6 Å². The Bertz CT molecular complexity index is 140. The summed E-state index contributed by atoms with van der Waals surface area (Å²) < 4.78 is 0. The van der Waals surface area contributed by atoms with Crippen LogP contribution in [0.4, 0.5) is 0 Å². The highest BCUT2D eigenvalue weighted by Crippen LogP contribution is 2.34. The first kappa shape index (κ1) is 8.52. The van der Waals surface area contributed by atoms with E-state index in [-0.39, 0.29) is 0 Å². The summed E-state index contributed by atoms with van der Waals surface area (Å²) >= 11 is 0. The van der Waals surface area contributed by atoms with Gasteiger partial charge in [-0.25, -0.2) is 0 Å². The van der Waals surface area contributed by atoms with Crippen LogP contribution in [-0.2, 0) is 0 Å². The van der Waals surface area contributed by atoms with E-state index in [0.717, 1.165) is 11.8 Å². The average Bonchev–Trinajstić information content (AvgIpc) is 2.05. The van der Waals surface area contributed by atoms with Crippen LogP contribution in [0.25, 0.3) is 0 Å². The normalized spacial score (nSPS) is 44.0. The molecule has 2 N–H and O–H groups in total. The standard InChI is InChI=1S/C10H20N2/c1-12-5-4-8-6-10(11)3-2-9(8)7-12/h8-10H,2-7,11H2,1H3. The van der Waals surface area contributed by atoms with Crippen molar-refractivity contribution < 1.29 is 0 Å². The zero-order valence-electron chi connectivity index (χ0n) is 8.00. The first-order chi connectivity index (χ1) is 5.75. The van der Waals surface area contributed by atoms with Crippen LogP contribution in [-0.4, -0.2) is 31.1 Å². The Morgan fingerprint density at radius 2 is 2.00 bits per heavy atom. The zero-order chi connectivity index (χ0) is 8.55. The van der Waals surface area contributed by atoms with Crippen LogP contribution in [0.3, 0.4) is 0 Å². The summed E-state index contributed by atoms with van der Waals surface area (Å²) in [5.74, 6) is 1.91. The molecule has 0 aromatic heterocycles. The topological polar surface area (TPSA) is 29.3 Å². The van der Waals surface area contributed by atoms with Crippen molar-refractivity contribution in [3.8, 4) is 0 Å². The van der Waals surface area contributed by atoms with E-state index in [0.29, 0.717) is 6.04 Å². The SMILES string of the molecule is CN1CCC2CC(N)CCC2C1. The van der Waals surface area contributed by atoms with Gasteiger partial charge in [-0.2, -0.15) is 0 Å². The lowest BCUT2D eigenvalue weighted by atomic mass is 9.73. The molecule has 2 rings (SSSR count). The maximum atomic E-state index is 5.96. The molecule has 3 atom stereocenters. The third kappa shape index (κ3) is 1.64. The number of nitrogens with zero attached hydrogens (tertiary/aromatic N) is 1. The van der Waals surface area contributed by atoms with E-state index in [1.807, 2.05) is 0 Å². The predicted molar refractivity (Wildman–Crippen MR) is 50.9 cm³/mol. The van der Waals surface area contributed by atoms with E-state index >= 15 is 0 Å². The summed E-state index contributed by atoms with van der Waals surface area (Å²) in [4.78, 5) is 2.47. The molecule has 1 aliphatic carbocycles. The first-order valence-electron chi connectivity index (χ1n) is 5.20. The van der Waals surface area contributed by atoms with Gasteiger partial charge in [-0.15, -0.1) is 0 Å². The summed E-state index contributed by atoms with van der Waals surface area (Å²) in [6.45, 7) is 2.60. The minimum absolute atomic E-state index is 0.509. The van der Waals surface area contributed by atoms with Crippen LogP contribution in [0.5, 0.6) is 0 Å². The number of rotatable bonds is 0. The Morgan fingerprint density at radius 3 is 2.83 bits per heavy atom. The molecule has 1 saturated heterocycles. The molecule has 0 radical (unpaired) electrons. The minimum Gasteiger partial charge on any atom is -0.328 e. The van der Waals surface area contributed by atoms with Crippen molar-refractivity contribution >= 4 is 0 Å². The van der Waals surface area contributed by atoms with Gasteiger partial charge in [0.15, 0.2) is 0 Å². The molecule has 1 saturated carbocycles. The van der Waals surface area contributed by atoms with Crippen molar-refractivity contribution in [2.24, 2.45) is 17.6 Å². The molecule has 2 aliphatic rings. The van der Waals surface area contributed by atoms with Crippen molar-refractivity contribution in [2.45, 2.75) is 31.7 Å². The maximum absolute atomic E-state index is 5.96. The fourth-order valence-corrected chi connectivity index (χ4v) is 2.83. The highest BCUT2D eigenvalue weighted by molar-refractivity contribution is 4.86. The fraction of sp³-hybridized carbons (Fsp3) is 1.00.